The average Bonchev–Trinajstić information content (AvgIpc) is 3.07. The highest BCUT2D eigenvalue weighted by Crippen LogP contribution is 2.41. The number of anilines is 1. The van der Waals surface area contributed by atoms with Crippen molar-refractivity contribution in [2.24, 2.45) is 0 Å². The van der Waals surface area contributed by atoms with Crippen molar-refractivity contribution in [3.05, 3.63) is 111 Å². The Bertz CT molecular complexity index is 1380. The normalized spacial score (nSPS) is 15.5. The zero-order valence-corrected chi connectivity index (χ0v) is 16.6. The first-order valence-electron chi connectivity index (χ1n) is 9.92. The number of rotatable bonds is 3. The van der Waals surface area contributed by atoms with Gasteiger partial charge in [0.1, 0.15) is 17.2 Å². The van der Waals surface area contributed by atoms with E-state index in [0.717, 1.165) is 18.1 Å². The molecule has 0 spiro atoms. The lowest BCUT2D eigenvalue weighted by atomic mass is 9.97. The van der Waals surface area contributed by atoms with Crippen LogP contribution in [-0.4, -0.2) is 5.91 Å². The minimum Gasteiger partial charge on any atom is -0.450 e. The van der Waals surface area contributed by atoms with Gasteiger partial charge in [-0.05, 0) is 60.0 Å². The van der Waals surface area contributed by atoms with E-state index in [-0.39, 0.29) is 22.3 Å². The Balaban J connectivity index is 1.79. The van der Waals surface area contributed by atoms with E-state index in [0.29, 0.717) is 11.3 Å². The summed E-state index contributed by atoms with van der Waals surface area (Å²) in [6.45, 7) is 2.03. The van der Waals surface area contributed by atoms with Crippen LogP contribution in [0.4, 0.5) is 14.5 Å². The van der Waals surface area contributed by atoms with Crippen LogP contribution < -0.4 is 10.3 Å². The number of amides is 1. The molecule has 6 heteroatoms. The SMILES string of the molecule is CCc1ccc(C2c3c(oc4ccc(F)cc4c3=O)C(=O)N2c2ccc(F)cc2)cc1. The van der Waals surface area contributed by atoms with Crippen LogP contribution in [0.15, 0.2) is 75.9 Å². The van der Waals surface area contributed by atoms with E-state index in [1.54, 1.807) is 0 Å². The van der Waals surface area contributed by atoms with Gasteiger partial charge in [-0.25, -0.2) is 8.78 Å². The third-order valence-electron chi connectivity index (χ3n) is 5.64. The zero-order valence-electron chi connectivity index (χ0n) is 16.6. The van der Waals surface area contributed by atoms with Crippen LogP contribution in [0.25, 0.3) is 11.0 Å². The Morgan fingerprint density at radius 2 is 1.58 bits per heavy atom. The zero-order chi connectivity index (χ0) is 21.7. The standard InChI is InChI=1S/C25H17F2NO3/c1-2-14-3-5-15(6-4-14)22-21-23(29)19-13-17(27)9-12-20(19)31-24(21)25(30)28(22)18-10-7-16(26)8-11-18/h3-13,22H,2H2,1H3. The van der Waals surface area contributed by atoms with Crippen molar-refractivity contribution in [1.82, 2.24) is 0 Å². The summed E-state index contributed by atoms with van der Waals surface area (Å²) in [4.78, 5) is 28.2. The molecule has 1 unspecified atom stereocenters. The molecule has 0 fully saturated rings. The molecule has 3 aromatic carbocycles. The fraction of sp³-hybridized carbons (Fsp3) is 0.120. The Morgan fingerprint density at radius 1 is 0.903 bits per heavy atom. The molecule has 1 aliphatic rings. The number of hydrogen-bond donors (Lipinski definition) is 0. The molecule has 5 rings (SSSR count). The summed E-state index contributed by atoms with van der Waals surface area (Å²) >= 11 is 0. The fourth-order valence-electron chi connectivity index (χ4n) is 4.06. The van der Waals surface area contributed by atoms with Gasteiger partial charge >= 0.3 is 0 Å². The lowest BCUT2D eigenvalue weighted by molar-refractivity contribution is 0.0971. The van der Waals surface area contributed by atoms with Gasteiger partial charge < -0.3 is 4.42 Å². The van der Waals surface area contributed by atoms with E-state index in [4.69, 9.17) is 4.42 Å². The number of benzene rings is 3. The summed E-state index contributed by atoms with van der Waals surface area (Å²) < 4.78 is 33.1. The molecular weight excluding hydrogens is 400 g/mol. The minimum atomic E-state index is -0.775. The van der Waals surface area contributed by atoms with Crippen molar-refractivity contribution >= 4 is 22.6 Å². The summed E-state index contributed by atoms with van der Waals surface area (Å²) in [5, 5.41) is 0.0719. The predicted octanol–water partition coefficient (Wildman–Crippen LogP) is 5.38. The number of halogens is 2. The van der Waals surface area contributed by atoms with Gasteiger partial charge in [0.25, 0.3) is 5.91 Å². The molecule has 4 nitrogen and oxygen atoms in total. The maximum Gasteiger partial charge on any atom is 0.295 e. The first-order valence-corrected chi connectivity index (χ1v) is 9.92. The molecule has 0 aliphatic carbocycles. The summed E-state index contributed by atoms with van der Waals surface area (Å²) in [6, 6.07) is 15.9. The first-order chi connectivity index (χ1) is 15.0. The highest BCUT2D eigenvalue weighted by Gasteiger charge is 2.43. The topological polar surface area (TPSA) is 50.5 Å². The molecule has 0 N–H and O–H groups in total. The molecule has 0 saturated heterocycles. The second-order valence-corrected chi connectivity index (χ2v) is 7.46. The first kappa shape index (κ1) is 19.2. The molecule has 4 aromatic rings. The van der Waals surface area contributed by atoms with Gasteiger partial charge in [0, 0.05) is 5.69 Å². The van der Waals surface area contributed by atoms with Crippen LogP contribution in [0.3, 0.4) is 0 Å². The van der Waals surface area contributed by atoms with Crippen molar-refractivity contribution < 1.29 is 18.0 Å². The highest BCUT2D eigenvalue weighted by atomic mass is 19.1. The third kappa shape index (κ3) is 3.03. The second kappa shape index (κ2) is 7.16. The molecule has 1 aliphatic heterocycles. The third-order valence-corrected chi connectivity index (χ3v) is 5.64. The van der Waals surface area contributed by atoms with Gasteiger partial charge in [0.05, 0.1) is 17.0 Å². The number of carbonyl (C=O) groups is 1. The van der Waals surface area contributed by atoms with Gasteiger partial charge in [-0.15, -0.1) is 0 Å². The summed E-state index contributed by atoms with van der Waals surface area (Å²) in [5.41, 5.74) is 2.07. The van der Waals surface area contributed by atoms with Crippen LogP contribution >= 0.6 is 0 Å². The van der Waals surface area contributed by atoms with E-state index in [2.05, 4.69) is 0 Å². The molecule has 154 valence electrons. The maximum absolute atomic E-state index is 13.8. The highest BCUT2D eigenvalue weighted by molar-refractivity contribution is 6.10. The van der Waals surface area contributed by atoms with E-state index < -0.39 is 29.0 Å². The van der Waals surface area contributed by atoms with E-state index in [1.807, 2.05) is 31.2 Å². The predicted molar refractivity (Wildman–Crippen MR) is 113 cm³/mol. The Kier molecular flexibility index (Phi) is 4.43. The van der Waals surface area contributed by atoms with Crippen molar-refractivity contribution in [2.75, 3.05) is 4.90 Å². The summed E-state index contributed by atoms with van der Waals surface area (Å²) in [6.07, 6.45) is 0.841. The fourth-order valence-corrected chi connectivity index (χ4v) is 4.06. The molecule has 0 radical (unpaired) electrons. The molecule has 0 saturated carbocycles. The van der Waals surface area contributed by atoms with Crippen molar-refractivity contribution in [3.8, 4) is 0 Å². The summed E-state index contributed by atoms with van der Waals surface area (Å²) in [5.74, 6) is -1.59. The number of fused-ring (bicyclic) bond motifs is 2. The Morgan fingerprint density at radius 3 is 2.26 bits per heavy atom. The molecule has 1 amide bonds. The van der Waals surface area contributed by atoms with Crippen LogP contribution in [-0.2, 0) is 6.42 Å². The van der Waals surface area contributed by atoms with Gasteiger partial charge in [0.2, 0.25) is 5.76 Å². The monoisotopic (exact) mass is 417 g/mol. The van der Waals surface area contributed by atoms with Crippen LogP contribution in [0.1, 0.15) is 40.2 Å². The second-order valence-electron chi connectivity index (χ2n) is 7.46. The van der Waals surface area contributed by atoms with Crippen LogP contribution in [0, 0.1) is 11.6 Å². The van der Waals surface area contributed by atoms with Gasteiger partial charge in [0.15, 0.2) is 5.43 Å². The van der Waals surface area contributed by atoms with Gasteiger partial charge in [-0.3, -0.25) is 14.5 Å². The largest absolute Gasteiger partial charge is 0.450 e. The number of hydrogen-bond acceptors (Lipinski definition) is 3. The number of nitrogens with zero attached hydrogens (tertiary/aromatic N) is 1. The smallest absolute Gasteiger partial charge is 0.295 e. The lowest BCUT2D eigenvalue weighted by Crippen LogP contribution is -2.29. The average molecular weight is 417 g/mol. The van der Waals surface area contributed by atoms with Crippen LogP contribution in [0.2, 0.25) is 0 Å². The van der Waals surface area contributed by atoms with E-state index in [9.17, 15) is 18.4 Å². The molecule has 1 aromatic heterocycles. The minimum absolute atomic E-state index is 0.0719. The Hall–Kier alpha value is -3.80. The maximum atomic E-state index is 13.8. The molecular formula is C25H17F2NO3. The molecule has 1 atom stereocenters. The van der Waals surface area contributed by atoms with Crippen LogP contribution in [0.5, 0.6) is 0 Å². The van der Waals surface area contributed by atoms with Crippen molar-refractivity contribution in [1.29, 1.82) is 0 Å². The summed E-state index contributed by atoms with van der Waals surface area (Å²) in [7, 11) is 0. The quantitative estimate of drug-likeness (QED) is 0.450. The number of aryl methyl sites for hydroxylation is 1. The van der Waals surface area contributed by atoms with Gasteiger partial charge in [-0.1, -0.05) is 31.2 Å². The van der Waals surface area contributed by atoms with Crippen molar-refractivity contribution in [3.63, 3.8) is 0 Å². The molecule has 2 heterocycles. The van der Waals surface area contributed by atoms with E-state index >= 15 is 0 Å². The lowest BCUT2D eigenvalue weighted by Gasteiger charge is -2.25. The van der Waals surface area contributed by atoms with E-state index in [1.165, 1.54) is 41.3 Å². The molecule has 31 heavy (non-hydrogen) atoms. The Labute approximate surface area is 176 Å². The van der Waals surface area contributed by atoms with Crippen molar-refractivity contribution in [2.45, 2.75) is 19.4 Å². The van der Waals surface area contributed by atoms with Gasteiger partial charge in [-0.2, -0.15) is 0 Å². The molecule has 0 bridgehead atoms. The number of carbonyl (C=O) groups excluding carboxylic acids is 1.